The normalized spacial score (nSPS) is 14.1. The van der Waals surface area contributed by atoms with Gasteiger partial charge in [0.05, 0.1) is 22.8 Å². The molecule has 194 valence electrons. The molecule has 6 nitrogen and oxygen atoms in total. The van der Waals surface area contributed by atoms with E-state index in [4.69, 9.17) is 0 Å². The Labute approximate surface area is 228 Å². The molecule has 6 rings (SSSR count). The maximum absolute atomic E-state index is 14.3. The molecule has 1 N–H and O–H groups in total. The number of fused-ring (bicyclic) bond motifs is 4. The van der Waals surface area contributed by atoms with E-state index >= 15 is 0 Å². The van der Waals surface area contributed by atoms with Crippen molar-refractivity contribution >= 4 is 34.1 Å². The van der Waals surface area contributed by atoms with Crippen molar-refractivity contribution in [2.24, 2.45) is 0 Å². The Hall–Kier alpha value is -4.84. The fraction of sp³-hybridized carbons (Fsp3) is 0.152. The van der Waals surface area contributed by atoms with Crippen LogP contribution in [0.2, 0.25) is 0 Å². The molecule has 6 heteroatoms. The summed E-state index contributed by atoms with van der Waals surface area (Å²) in [5.41, 5.74) is 4.49. The van der Waals surface area contributed by atoms with Crippen molar-refractivity contribution in [3.05, 3.63) is 127 Å². The van der Waals surface area contributed by atoms with Crippen LogP contribution in [0.3, 0.4) is 0 Å². The van der Waals surface area contributed by atoms with Crippen LogP contribution in [0, 0.1) is 0 Å². The van der Waals surface area contributed by atoms with Gasteiger partial charge >= 0.3 is 6.03 Å². The van der Waals surface area contributed by atoms with Crippen LogP contribution in [-0.4, -0.2) is 34.0 Å². The number of para-hydroxylation sites is 2. The third-order valence-electron chi connectivity index (χ3n) is 7.32. The average Bonchev–Trinajstić information content (AvgIpc) is 3.45. The summed E-state index contributed by atoms with van der Waals surface area (Å²) in [6.45, 7) is 3.80. The minimum Gasteiger partial charge on any atom is -0.316 e. The predicted octanol–water partition coefficient (Wildman–Crippen LogP) is 7.01. The van der Waals surface area contributed by atoms with Crippen LogP contribution in [-0.2, 0) is 4.79 Å². The van der Waals surface area contributed by atoms with E-state index in [0.717, 1.165) is 39.1 Å². The topological polar surface area (TPSA) is 57.6 Å². The SMILES string of the molecule is CC(C)N(CC(=O)N1c2ccccc2-n2cccc2C1c1ccccc1)C(=O)Nc1cccc2ccccc12. The Kier molecular flexibility index (Phi) is 6.37. The Balaban J connectivity index is 1.35. The third kappa shape index (κ3) is 4.44. The van der Waals surface area contributed by atoms with Gasteiger partial charge in [0.15, 0.2) is 0 Å². The first-order chi connectivity index (χ1) is 19.0. The Morgan fingerprint density at radius 2 is 1.49 bits per heavy atom. The van der Waals surface area contributed by atoms with Crippen molar-refractivity contribution in [1.82, 2.24) is 9.47 Å². The molecule has 1 unspecified atom stereocenters. The van der Waals surface area contributed by atoms with E-state index in [2.05, 4.69) is 16.0 Å². The molecule has 3 amide bonds. The number of aromatic nitrogens is 1. The lowest BCUT2D eigenvalue weighted by atomic mass is 9.97. The second-order valence-corrected chi connectivity index (χ2v) is 10.0. The maximum atomic E-state index is 14.3. The van der Waals surface area contributed by atoms with Gasteiger partial charge in [-0.15, -0.1) is 0 Å². The summed E-state index contributed by atoms with van der Waals surface area (Å²) in [5.74, 6) is -0.148. The summed E-state index contributed by atoms with van der Waals surface area (Å²) in [4.78, 5) is 31.3. The number of urea groups is 1. The molecule has 1 atom stereocenters. The molecule has 5 aromatic rings. The third-order valence-corrected chi connectivity index (χ3v) is 7.32. The highest BCUT2D eigenvalue weighted by Gasteiger charge is 2.37. The van der Waals surface area contributed by atoms with E-state index in [1.165, 1.54) is 0 Å². The average molecular weight is 515 g/mol. The van der Waals surface area contributed by atoms with E-state index in [-0.39, 0.29) is 30.6 Å². The first-order valence-corrected chi connectivity index (χ1v) is 13.2. The van der Waals surface area contributed by atoms with Gasteiger partial charge in [0.1, 0.15) is 12.6 Å². The molecule has 1 aromatic heterocycles. The quantitative estimate of drug-likeness (QED) is 0.274. The number of benzene rings is 4. The van der Waals surface area contributed by atoms with Crippen LogP contribution in [0.4, 0.5) is 16.2 Å². The van der Waals surface area contributed by atoms with E-state index in [0.29, 0.717) is 0 Å². The number of nitrogens with one attached hydrogen (secondary N) is 1. The number of nitrogens with zero attached hydrogens (tertiary/aromatic N) is 3. The molecule has 0 saturated carbocycles. The summed E-state index contributed by atoms with van der Waals surface area (Å²) in [6.07, 6.45) is 2.03. The number of carbonyl (C=O) groups is 2. The lowest BCUT2D eigenvalue weighted by molar-refractivity contribution is -0.119. The standard InChI is InChI=1S/C33H30N4O2/c1-23(2)36(33(39)34-27-17-10-15-24-12-6-7-16-26(24)27)22-31(38)37-29-19-9-8-18-28(29)35-21-11-20-30(35)32(37)25-13-4-3-5-14-25/h3-21,23,32H,22H2,1-2H3,(H,34,39). The summed E-state index contributed by atoms with van der Waals surface area (Å²) >= 11 is 0. The van der Waals surface area contributed by atoms with Gasteiger partial charge < -0.3 is 14.8 Å². The van der Waals surface area contributed by atoms with Gasteiger partial charge in [0.25, 0.3) is 0 Å². The zero-order valence-electron chi connectivity index (χ0n) is 22.0. The molecule has 0 spiro atoms. The van der Waals surface area contributed by atoms with Crippen molar-refractivity contribution in [2.45, 2.75) is 25.9 Å². The number of anilines is 2. The number of rotatable bonds is 5. The van der Waals surface area contributed by atoms with Crippen molar-refractivity contribution in [2.75, 3.05) is 16.8 Å². The molecule has 1 aliphatic rings. The number of hydrogen-bond acceptors (Lipinski definition) is 2. The smallest absolute Gasteiger partial charge is 0.316 e. The largest absolute Gasteiger partial charge is 0.322 e. The van der Waals surface area contributed by atoms with Crippen molar-refractivity contribution in [3.8, 4) is 5.69 Å². The Morgan fingerprint density at radius 3 is 2.28 bits per heavy atom. The first kappa shape index (κ1) is 24.5. The van der Waals surface area contributed by atoms with Gasteiger partial charge in [-0.25, -0.2) is 4.79 Å². The lowest BCUT2D eigenvalue weighted by Crippen LogP contribution is -2.49. The highest BCUT2D eigenvalue weighted by molar-refractivity contribution is 6.04. The van der Waals surface area contributed by atoms with Crippen molar-refractivity contribution in [1.29, 1.82) is 0 Å². The molecule has 0 bridgehead atoms. The number of hydrogen-bond donors (Lipinski definition) is 1. The second-order valence-electron chi connectivity index (χ2n) is 10.0. The van der Waals surface area contributed by atoms with Crippen LogP contribution in [0.1, 0.15) is 31.1 Å². The van der Waals surface area contributed by atoms with Gasteiger partial charge in [-0.3, -0.25) is 9.69 Å². The first-order valence-electron chi connectivity index (χ1n) is 13.2. The maximum Gasteiger partial charge on any atom is 0.322 e. The fourth-order valence-corrected chi connectivity index (χ4v) is 5.44. The van der Waals surface area contributed by atoms with Gasteiger partial charge in [-0.05, 0) is 55.1 Å². The molecule has 0 radical (unpaired) electrons. The summed E-state index contributed by atoms with van der Waals surface area (Å²) < 4.78 is 2.14. The summed E-state index contributed by atoms with van der Waals surface area (Å²) in [7, 11) is 0. The number of carbonyl (C=O) groups excluding carboxylic acids is 2. The lowest BCUT2D eigenvalue weighted by Gasteiger charge is -2.40. The minimum atomic E-state index is -0.321. The van der Waals surface area contributed by atoms with Gasteiger partial charge in [-0.2, -0.15) is 0 Å². The molecule has 0 aliphatic carbocycles. The van der Waals surface area contributed by atoms with Gasteiger partial charge in [-0.1, -0.05) is 78.9 Å². The molecular formula is C33H30N4O2. The van der Waals surface area contributed by atoms with Crippen LogP contribution < -0.4 is 10.2 Å². The Morgan fingerprint density at radius 1 is 0.795 bits per heavy atom. The zero-order valence-corrected chi connectivity index (χ0v) is 22.0. The van der Waals surface area contributed by atoms with E-state index in [1.54, 1.807) is 4.90 Å². The molecule has 4 aromatic carbocycles. The summed E-state index contributed by atoms with van der Waals surface area (Å²) in [6, 6.07) is 35.0. The molecule has 0 fully saturated rings. The van der Waals surface area contributed by atoms with E-state index in [9.17, 15) is 9.59 Å². The van der Waals surface area contributed by atoms with Crippen LogP contribution >= 0.6 is 0 Å². The molecule has 2 heterocycles. The predicted molar refractivity (Wildman–Crippen MR) is 156 cm³/mol. The van der Waals surface area contributed by atoms with Crippen molar-refractivity contribution < 1.29 is 9.59 Å². The molecule has 39 heavy (non-hydrogen) atoms. The molecular weight excluding hydrogens is 484 g/mol. The second kappa shape index (κ2) is 10.1. The number of amides is 3. The van der Waals surface area contributed by atoms with Crippen LogP contribution in [0.25, 0.3) is 16.5 Å². The zero-order chi connectivity index (χ0) is 26.9. The summed E-state index contributed by atoms with van der Waals surface area (Å²) in [5, 5.41) is 5.06. The highest BCUT2D eigenvalue weighted by atomic mass is 16.2. The molecule has 0 saturated heterocycles. The molecule has 1 aliphatic heterocycles. The monoisotopic (exact) mass is 514 g/mol. The Bertz CT molecular complexity index is 1650. The highest BCUT2D eigenvalue weighted by Crippen LogP contribution is 2.42. The fourth-order valence-electron chi connectivity index (χ4n) is 5.44. The van der Waals surface area contributed by atoms with Crippen LogP contribution in [0.5, 0.6) is 0 Å². The van der Waals surface area contributed by atoms with Crippen LogP contribution in [0.15, 0.2) is 115 Å². The van der Waals surface area contributed by atoms with Crippen molar-refractivity contribution in [3.63, 3.8) is 0 Å². The van der Waals surface area contributed by atoms with E-state index in [1.807, 2.05) is 128 Å². The van der Waals surface area contributed by atoms with Gasteiger partial charge in [0, 0.05) is 17.6 Å². The van der Waals surface area contributed by atoms with Gasteiger partial charge in [0.2, 0.25) is 5.91 Å². The van der Waals surface area contributed by atoms with E-state index < -0.39 is 0 Å². The minimum absolute atomic E-state index is 0.0629.